The summed E-state index contributed by atoms with van der Waals surface area (Å²) in [6, 6.07) is 14.9. The first-order valence-electron chi connectivity index (χ1n) is 10.6. The normalized spacial score (nSPS) is 17.6. The number of anilines is 3. The van der Waals surface area contributed by atoms with Crippen LogP contribution in [0.15, 0.2) is 42.5 Å². The van der Waals surface area contributed by atoms with E-state index in [4.69, 9.17) is 9.97 Å². The number of benzene rings is 1. The maximum Gasteiger partial charge on any atom is 0.156 e. The molecule has 4 heterocycles. The Morgan fingerprint density at radius 3 is 2.53 bits per heavy atom. The van der Waals surface area contributed by atoms with E-state index < -0.39 is 0 Å². The summed E-state index contributed by atoms with van der Waals surface area (Å²) in [6.45, 7) is 6.51. The molecule has 2 aromatic heterocycles. The van der Waals surface area contributed by atoms with Gasteiger partial charge in [0.25, 0.3) is 0 Å². The van der Waals surface area contributed by atoms with E-state index in [1.54, 1.807) is 0 Å². The standard InChI is InChI=1S/C23H27N7/c1-17-13-22(28-27-17)25-21-14-23(30-15-19(16-30)29-11-5-6-12-29)26-20(24-21)10-9-18-7-3-2-4-8-18/h2-4,7-10,13-14,19H,5-6,11-12,15-16H2,1H3,(H2,24,25,26,27,28)/b10-9+. The summed E-state index contributed by atoms with van der Waals surface area (Å²) in [5, 5.41) is 10.5. The van der Waals surface area contributed by atoms with Crippen LogP contribution in [-0.4, -0.2) is 57.3 Å². The van der Waals surface area contributed by atoms with Crippen LogP contribution in [0.25, 0.3) is 12.2 Å². The van der Waals surface area contributed by atoms with E-state index in [-0.39, 0.29) is 0 Å². The van der Waals surface area contributed by atoms with E-state index in [2.05, 4.69) is 37.4 Å². The minimum atomic E-state index is 0.649. The van der Waals surface area contributed by atoms with Gasteiger partial charge in [0.2, 0.25) is 0 Å². The summed E-state index contributed by atoms with van der Waals surface area (Å²) in [5.74, 6) is 3.16. The van der Waals surface area contributed by atoms with Crippen molar-refractivity contribution in [2.45, 2.75) is 25.8 Å². The Morgan fingerprint density at radius 2 is 1.80 bits per heavy atom. The molecule has 7 nitrogen and oxygen atoms in total. The lowest BCUT2D eigenvalue weighted by Gasteiger charge is -2.44. The number of likely N-dealkylation sites (tertiary alicyclic amines) is 1. The van der Waals surface area contributed by atoms with Gasteiger partial charge in [-0.2, -0.15) is 5.10 Å². The van der Waals surface area contributed by atoms with Crippen LogP contribution in [0.4, 0.5) is 17.5 Å². The number of aromatic nitrogens is 4. The van der Waals surface area contributed by atoms with Crippen LogP contribution in [-0.2, 0) is 0 Å². The molecule has 0 saturated carbocycles. The number of nitrogens with zero attached hydrogens (tertiary/aromatic N) is 5. The summed E-state index contributed by atoms with van der Waals surface area (Å²) in [4.78, 5) is 14.5. The molecular formula is C23H27N7. The third-order valence-corrected chi connectivity index (χ3v) is 5.76. The molecule has 0 unspecified atom stereocenters. The highest BCUT2D eigenvalue weighted by molar-refractivity contribution is 5.69. The zero-order valence-electron chi connectivity index (χ0n) is 17.3. The number of hydrogen-bond donors (Lipinski definition) is 2. The summed E-state index contributed by atoms with van der Waals surface area (Å²) in [6.07, 6.45) is 6.67. The summed E-state index contributed by atoms with van der Waals surface area (Å²) in [7, 11) is 0. The van der Waals surface area contributed by atoms with Crippen LogP contribution < -0.4 is 10.2 Å². The maximum absolute atomic E-state index is 4.82. The van der Waals surface area contributed by atoms with Gasteiger partial charge in [-0.05, 0) is 44.5 Å². The van der Waals surface area contributed by atoms with E-state index in [1.165, 1.54) is 25.9 Å². The zero-order valence-corrected chi connectivity index (χ0v) is 17.3. The highest BCUT2D eigenvalue weighted by atomic mass is 15.3. The third-order valence-electron chi connectivity index (χ3n) is 5.76. The fraction of sp³-hybridized carbons (Fsp3) is 0.348. The van der Waals surface area contributed by atoms with Gasteiger partial charge in [0.1, 0.15) is 11.6 Å². The molecule has 3 aromatic rings. The summed E-state index contributed by atoms with van der Waals surface area (Å²) < 4.78 is 0. The molecule has 2 aliphatic rings. The number of hydrogen-bond acceptors (Lipinski definition) is 6. The van der Waals surface area contributed by atoms with E-state index in [9.17, 15) is 0 Å². The van der Waals surface area contributed by atoms with Crippen molar-refractivity contribution in [2.24, 2.45) is 0 Å². The van der Waals surface area contributed by atoms with Crippen molar-refractivity contribution in [3.63, 3.8) is 0 Å². The molecule has 5 rings (SSSR count). The predicted octanol–water partition coefficient (Wildman–Crippen LogP) is 3.71. The van der Waals surface area contributed by atoms with Crippen LogP contribution >= 0.6 is 0 Å². The van der Waals surface area contributed by atoms with Crippen LogP contribution in [0.2, 0.25) is 0 Å². The van der Waals surface area contributed by atoms with E-state index in [1.807, 2.05) is 49.4 Å². The molecule has 2 saturated heterocycles. The van der Waals surface area contributed by atoms with Gasteiger partial charge in [-0.25, -0.2) is 9.97 Å². The molecule has 0 atom stereocenters. The number of nitrogens with one attached hydrogen (secondary N) is 2. The average Bonchev–Trinajstić information content (AvgIpc) is 3.38. The highest BCUT2D eigenvalue weighted by Gasteiger charge is 2.34. The Kier molecular flexibility index (Phi) is 5.19. The zero-order chi connectivity index (χ0) is 20.3. The average molecular weight is 402 g/mol. The molecule has 0 amide bonds. The van der Waals surface area contributed by atoms with E-state index in [0.29, 0.717) is 11.9 Å². The smallest absolute Gasteiger partial charge is 0.156 e. The number of aromatic amines is 1. The fourth-order valence-electron chi connectivity index (χ4n) is 4.08. The molecule has 7 heteroatoms. The largest absolute Gasteiger partial charge is 0.353 e. The SMILES string of the molecule is Cc1cc(Nc2cc(N3CC(N4CCCC4)C3)nc(/C=C/c3ccccc3)n2)n[nH]1. The molecule has 2 fully saturated rings. The second-order valence-corrected chi connectivity index (χ2v) is 8.08. The number of H-pyrrole nitrogens is 1. The maximum atomic E-state index is 4.82. The Morgan fingerprint density at radius 1 is 1.00 bits per heavy atom. The fourth-order valence-corrected chi connectivity index (χ4v) is 4.08. The second kappa shape index (κ2) is 8.28. The van der Waals surface area contributed by atoms with Crippen molar-refractivity contribution in [1.82, 2.24) is 25.1 Å². The molecule has 2 N–H and O–H groups in total. The lowest BCUT2D eigenvalue weighted by molar-refractivity contribution is 0.204. The third kappa shape index (κ3) is 4.21. The molecule has 154 valence electrons. The molecule has 1 aromatic carbocycles. The molecule has 0 spiro atoms. The minimum absolute atomic E-state index is 0.649. The van der Waals surface area contributed by atoms with Gasteiger partial charge >= 0.3 is 0 Å². The van der Waals surface area contributed by atoms with Crippen molar-refractivity contribution in [1.29, 1.82) is 0 Å². The monoisotopic (exact) mass is 401 g/mol. The van der Waals surface area contributed by atoms with Crippen molar-refractivity contribution in [3.8, 4) is 0 Å². The predicted molar refractivity (Wildman–Crippen MR) is 121 cm³/mol. The molecule has 0 aliphatic carbocycles. The van der Waals surface area contributed by atoms with Gasteiger partial charge in [-0.1, -0.05) is 36.4 Å². The first-order valence-corrected chi connectivity index (χ1v) is 10.6. The Hall–Kier alpha value is -3.19. The van der Waals surface area contributed by atoms with Crippen LogP contribution in [0.3, 0.4) is 0 Å². The lowest BCUT2D eigenvalue weighted by atomic mass is 10.1. The molecule has 2 aliphatic heterocycles. The van der Waals surface area contributed by atoms with Gasteiger partial charge in [0.15, 0.2) is 11.6 Å². The van der Waals surface area contributed by atoms with E-state index in [0.717, 1.165) is 41.8 Å². The van der Waals surface area contributed by atoms with Gasteiger partial charge in [-0.3, -0.25) is 10.00 Å². The molecule has 0 radical (unpaired) electrons. The topological polar surface area (TPSA) is 73.0 Å². The minimum Gasteiger partial charge on any atom is -0.353 e. The quantitative estimate of drug-likeness (QED) is 0.656. The van der Waals surface area contributed by atoms with Crippen molar-refractivity contribution in [2.75, 3.05) is 36.4 Å². The van der Waals surface area contributed by atoms with Crippen LogP contribution in [0, 0.1) is 6.92 Å². The van der Waals surface area contributed by atoms with E-state index >= 15 is 0 Å². The molecule has 0 bridgehead atoms. The first kappa shape index (κ1) is 18.8. The Bertz CT molecular complexity index is 1020. The van der Waals surface area contributed by atoms with Gasteiger partial charge < -0.3 is 10.2 Å². The Labute approximate surface area is 176 Å². The van der Waals surface area contributed by atoms with Crippen molar-refractivity contribution in [3.05, 3.63) is 59.5 Å². The highest BCUT2D eigenvalue weighted by Crippen LogP contribution is 2.27. The van der Waals surface area contributed by atoms with Crippen molar-refractivity contribution < 1.29 is 0 Å². The molecule has 30 heavy (non-hydrogen) atoms. The van der Waals surface area contributed by atoms with Gasteiger partial charge in [0, 0.05) is 37.0 Å². The summed E-state index contributed by atoms with van der Waals surface area (Å²) in [5.41, 5.74) is 2.13. The van der Waals surface area contributed by atoms with Crippen LogP contribution in [0.5, 0.6) is 0 Å². The number of aryl methyl sites for hydroxylation is 1. The Balaban J connectivity index is 1.37. The number of rotatable bonds is 6. The van der Waals surface area contributed by atoms with Crippen LogP contribution in [0.1, 0.15) is 29.9 Å². The first-order chi connectivity index (χ1) is 14.7. The van der Waals surface area contributed by atoms with Gasteiger partial charge in [0.05, 0.1) is 0 Å². The van der Waals surface area contributed by atoms with Gasteiger partial charge in [-0.15, -0.1) is 0 Å². The van der Waals surface area contributed by atoms with Crippen molar-refractivity contribution >= 4 is 29.6 Å². The second-order valence-electron chi connectivity index (χ2n) is 8.08. The lowest BCUT2D eigenvalue weighted by Crippen LogP contribution is -2.59. The molecular weight excluding hydrogens is 374 g/mol. The summed E-state index contributed by atoms with van der Waals surface area (Å²) >= 11 is 0.